The zero-order chi connectivity index (χ0) is 20.1. The van der Waals surface area contributed by atoms with Gasteiger partial charge in [0.05, 0.1) is 39.1 Å². The van der Waals surface area contributed by atoms with E-state index in [-0.39, 0.29) is 16.3 Å². The lowest BCUT2D eigenvalue weighted by molar-refractivity contribution is 0.198. The standard InChI is InChI=1S/C21H21FN6O/c1-26-7-9-27(10-8-26)13-5-6-16-17(11-13)25-21(24-16)14-12-28(29)18-4-2-3-15(22)19(18)20(14)23/h2-6,11-12,23,29H,7-10H2,1H3,(H,24,25). The van der Waals surface area contributed by atoms with E-state index < -0.39 is 5.82 Å². The highest BCUT2D eigenvalue weighted by molar-refractivity contribution is 5.86. The number of fused-ring (bicyclic) bond motifs is 2. The van der Waals surface area contributed by atoms with Gasteiger partial charge in [0.25, 0.3) is 0 Å². The van der Waals surface area contributed by atoms with E-state index in [0.717, 1.165) is 47.6 Å². The number of hydrogen-bond donors (Lipinski definition) is 3. The number of halogens is 1. The van der Waals surface area contributed by atoms with E-state index in [1.54, 1.807) is 6.07 Å². The first-order valence-corrected chi connectivity index (χ1v) is 9.52. The van der Waals surface area contributed by atoms with Crippen LogP contribution in [0.5, 0.6) is 0 Å². The molecule has 0 aliphatic carbocycles. The van der Waals surface area contributed by atoms with Crippen LogP contribution in [0.2, 0.25) is 0 Å². The number of H-pyrrole nitrogens is 1. The van der Waals surface area contributed by atoms with Gasteiger partial charge >= 0.3 is 0 Å². The van der Waals surface area contributed by atoms with Crippen LogP contribution < -0.4 is 10.3 Å². The maximum Gasteiger partial charge on any atom is 0.142 e. The van der Waals surface area contributed by atoms with Crippen LogP contribution in [0.25, 0.3) is 33.3 Å². The van der Waals surface area contributed by atoms with Crippen LogP contribution in [0.4, 0.5) is 10.1 Å². The summed E-state index contributed by atoms with van der Waals surface area (Å²) in [6.07, 6.45) is 1.39. The minimum Gasteiger partial charge on any atom is -0.428 e. The molecule has 3 heterocycles. The van der Waals surface area contributed by atoms with Crippen LogP contribution in [-0.2, 0) is 0 Å². The van der Waals surface area contributed by atoms with Gasteiger partial charge in [-0.1, -0.05) is 6.07 Å². The number of hydrogen-bond acceptors (Lipinski definition) is 5. The van der Waals surface area contributed by atoms with Crippen molar-refractivity contribution in [2.75, 3.05) is 38.1 Å². The SMILES string of the molecule is CN1CCN(c2ccc3nc(-c4cn(O)c5cccc(F)c5c4=N)[nH]c3c2)CC1. The zero-order valence-electron chi connectivity index (χ0n) is 16.0. The predicted molar refractivity (Wildman–Crippen MR) is 110 cm³/mol. The van der Waals surface area contributed by atoms with Crippen molar-refractivity contribution in [1.82, 2.24) is 19.6 Å². The van der Waals surface area contributed by atoms with Crippen molar-refractivity contribution in [2.24, 2.45) is 0 Å². The minimum atomic E-state index is -0.550. The van der Waals surface area contributed by atoms with Gasteiger partial charge in [0.1, 0.15) is 11.6 Å². The summed E-state index contributed by atoms with van der Waals surface area (Å²) in [5, 5.41) is 18.8. The van der Waals surface area contributed by atoms with Gasteiger partial charge in [0.15, 0.2) is 0 Å². The summed E-state index contributed by atoms with van der Waals surface area (Å²) in [6, 6.07) is 10.4. The average molecular weight is 392 g/mol. The summed E-state index contributed by atoms with van der Waals surface area (Å²) in [6.45, 7) is 3.98. The fraction of sp³-hybridized carbons (Fsp3) is 0.238. The number of aromatic nitrogens is 3. The highest BCUT2D eigenvalue weighted by Gasteiger charge is 2.17. The molecule has 4 aromatic rings. The molecule has 148 valence electrons. The molecule has 2 aromatic heterocycles. The Morgan fingerprint density at radius 2 is 1.93 bits per heavy atom. The normalized spacial score (nSPS) is 15.4. The quantitative estimate of drug-likeness (QED) is 0.458. The molecule has 0 spiro atoms. The van der Waals surface area contributed by atoms with Gasteiger partial charge in [0.2, 0.25) is 0 Å². The summed E-state index contributed by atoms with van der Waals surface area (Å²) in [5.41, 5.74) is 3.30. The Bertz CT molecular complexity index is 1290. The number of benzene rings is 2. The van der Waals surface area contributed by atoms with E-state index in [2.05, 4.69) is 32.9 Å². The number of anilines is 1. The molecule has 2 aromatic carbocycles. The van der Waals surface area contributed by atoms with E-state index >= 15 is 0 Å². The van der Waals surface area contributed by atoms with Gasteiger partial charge in [-0.05, 0) is 37.4 Å². The molecule has 0 unspecified atom stereocenters. The van der Waals surface area contributed by atoms with E-state index in [1.165, 1.54) is 18.3 Å². The third kappa shape index (κ3) is 2.92. The second kappa shape index (κ2) is 6.59. The van der Waals surface area contributed by atoms with Crippen LogP contribution in [0.3, 0.4) is 0 Å². The number of rotatable bonds is 2. The Balaban J connectivity index is 1.60. The second-order valence-electron chi connectivity index (χ2n) is 7.47. The van der Waals surface area contributed by atoms with Crippen molar-refractivity contribution < 1.29 is 9.60 Å². The fourth-order valence-corrected chi connectivity index (χ4v) is 3.91. The van der Waals surface area contributed by atoms with Crippen molar-refractivity contribution in [3.8, 4) is 11.4 Å². The fourth-order valence-electron chi connectivity index (χ4n) is 3.91. The van der Waals surface area contributed by atoms with Crippen molar-refractivity contribution in [1.29, 1.82) is 5.41 Å². The third-order valence-electron chi connectivity index (χ3n) is 5.60. The topological polar surface area (TPSA) is 84.2 Å². The molecule has 0 amide bonds. The molecule has 29 heavy (non-hydrogen) atoms. The van der Waals surface area contributed by atoms with Gasteiger partial charge in [-0.2, -0.15) is 4.73 Å². The lowest BCUT2D eigenvalue weighted by Gasteiger charge is -2.34. The molecule has 5 rings (SSSR count). The van der Waals surface area contributed by atoms with Crippen LogP contribution in [-0.4, -0.2) is 58.0 Å². The highest BCUT2D eigenvalue weighted by atomic mass is 19.1. The van der Waals surface area contributed by atoms with Gasteiger partial charge in [-0.25, -0.2) is 9.37 Å². The zero-order valence-corrected chi connectivity index (χ0v) is 16.0. The summed E-state index contributed by atoms with van der Waals surface area (Å²) in [4.78, 5) is 12.5. The first kappa shape index (κ1) is 17.7. The predicted octanol–water partition coefficient (Wildman–Crippen LogP) is 2.79. The molecular weight excluding hydrogens is 371 g/mol. The van der Waals surface area contributed by atoms with Crippen molar-refractivity contribution in [3.63, 3.8) is 0 Å². The Morgan fingerprint density at radius 1 is 1.14 bits per heavy atom. The molecule has 3 N–H and O–H groups in total. The van der Waals surface area contributed by atoms with Crippen LogP contribution in [0, 0.1) is 11.2 Å². The summed E-state index contributed by atoms with van der Waals surface area (Å²) in [7, 11) is 2.12. The number of imidazole rings is 1. The van der Waals surface area contributed by atoms with Crippen LogP contribution in [0.1, 0.15) is 0 Å². The molecule has 1 saturated heterocycles. The molecule has 0 atom stereocenters. The maximum absolute atomic E-state index is 14.3. The lowest BCUT2D eigenvalue weighted by Crippen LogP contribution is -2.44. The molecular formula is C21H21FN6O. The molecule has 7 nitrogen and oxygen atoms in total. The summed E-state index contributed by atoms with van der Waals surface area (Å²) < 4.78 is 15.2. The van der Waals surface area contributed by atoms with Gasteiger partial charge in [0, 0.05) is 31.9 Å². The van der Waals surface area contributed by atoms with E-state index in [0.29, 0.717) is 11.4 Å². The van der Waals surface area contributed by atoms with Crippen molar-refractivity contribution in [2.45, 2.75) is 0 Å². The Labute approximate surface area is 166 Å². The van der Waals surface area contributed by atoms with E-state index in [9.17, 15) is 9.60 Å². The molecule has 0 radical (unpaired) electrons. The maximum atomic E-state index is 14.3. The van der Waals surface area contributed by atoms with Crippen molar-refractivity contribution >= 4 is 27.6 Å². The average Bonchev–Trinajstić information content (AvgIpc) is 3.14. The molecule has 1 aliphatic heterocycles. The molecule has 0 bridgehead atoms. The minimum absolute atomic E-state index is 0.0123. The number of aromatic amines is 1. The number of nitrogens with one attached hydrogen (secondary N) is 2. The van der Waals surface area contributed by atoms with Crippen LogP contribution >= 0.6 is 0 Å². The van der Waals surface area contributed by atoms with E-state index in [4.69, 9.17) is 5.41 Å². The summed E-state index contributed by atoms with van der Waals surface area (Å²) >= 11 is 0. The molecule has 1 aliphatic rings. The van der Waals surface area contributed by atoms with Gasteiger partial charge in [-0.15, -0.1) is 0 Å². The lowest BCUT2D eigenvalue weighted by atomic mass is 10.1. The number of nitrogens with zero attached hydrogens (tertiary/aromatic N) is 4. The number of pyridine rings is 1. The largest absolute Gasteiger partial charge is 0.428 e. The molecule has 1 fully saturated rings. The second-order valence-corrected chi connectivity index (χ2v) is 7.47. The molecule has 0 saturated carbocycles. The monoisotopic (exact) mass is 392 g/mol. The van der Waals surface area contributed by atoms with Gasteiger partial charge in [-0.3, -0.25) is 5.41 Å². The molecule has 8 heteroatoms. The summed E-state index contributed by atoms with van der Waals surface area (Å²) in [5.74, 6) is -0.126. The Morgan fingerprint density at radius 3 is 2.72 bits per heavy atom. The Kier molecular flexibility index (Phi) is 4.02. The first-order chi connectivity index (χ1) is 14.0. The number of likely N-dealkylation sites (N-methyl/N-ethyl adjacent to an activating group) is 1. The van der Waals surface area contributed by atoms with Crippen molar-refractivity contribution in [3.05, 3.63) is 53.8 Å². The number of piperazine rings is 1. The van der Waals surface area contributed by atoms with Gasteiger partial charge < -0.3 is 20.0 Å². The third-order valence-corrected chi connectivity index (χ3v) is 5.60. The van der Waals surface area contributed by atoms with E-state index in [1.807, 2.05) is 12.1 Å². The van der Waals surface area contributed by atoms with Crippen LogP contribution in [0.15, 0.2) is 42.6 Å². The smallest absolute Gasteiger partial charge is 0.142 e. The highest BCUT2D eigenvalue weighted by Crippen LogP contribution is 2.25. The Hall–Kier alpha value is -3.39. The first-order valence-electron chi connectivity index (χ1n) is 9.52.